The standard InChI is InChI=1S/C15H18ClNS/c1-10-5-4-6-13(11(10)2)9-17-12(3)14-7-8-15(16)18-14/h4-8,12,17H,9H2,1-3H3. The SMILES string of the molecule is Cc1cccc(CNC(C)c2ccc(Cl)s2)c1C. The van der Waals surface area contributed by atoms with Crippen molar-refractivity contribution in [3.05, 3.63) is 56.2 Å². The maximum absolute atomic E-state index is 5.96. The Bertz CT molecular complexity index is 533. The Balaban J connectivity index is 2.01. The van der Waals surface area contributed by atoms with Crippen molar-refractivity contribution in [2.45, 2.75) is 33.4 Å². The second-order valence-electron chi connectivity index (χ2n) is 4.60. The number of hydrogen-bond acceptors (Lipinski definition) is 2. The van der Waals surface area contributed by atoms with E-state index in [2.05, 4.69) is 50.4 Å². The van der Waals surface area contributed by atoms with E-state index in [0.29, 0.717) is 6.04 Å². The first kappa shape index (κ1) is 13.6. The van der Waals surface area contributed by atoms with Gasteiger partial charge in [0.05, 0.1) is 4.34 Å². The topological polar surface area (TPSA) is 12.0 Å². The summed E-state index contributed by atoms with van der Waals surface area (Å²) in [5.74, 6) is 0. The highest BCUT2D eigenvalue weighted by Gasteiger charge is 2.08. The van der Waals surface area contributed by atoms with Gasteiger partial charge in [0.25, 0.3) is 0 Å². The minimum atomic E-state index is 0.336. The monoisotopic (exact) mass is 279 g/mol. The molecule has 1 heterocycles. The van der Waals surface area contributed by atoms with E-state index in [-0.39, 0.29) is 0 Å². The molecule has 1 aromatic carbocycles. The van der Waals surface area contributed by atoms with Crippen LogP contribution in [-0.4, -0.2) is 0 Å². The van der Waals surface area contributed by atoms with Crippen molar-refractivity contribution in [2.75, 3.05) is 0 Å². The zero-order valence-electron chi connectivity index (χ0n) is 11.0. The van der Waals surface area contributed by atoms with E-state index >= 15 is 0 Å². The molecular weight excluding hydrogens is 262 g/mol. The van der Waals surface area contributed by atoms with Crippen LogP contribution in [0.2, 0.25) is 4.34 Å². The van der Waals surface area contributed by atoms with Gasteiger partial charge in [-0.2, -0.15) is 0 Å². The molecule has 0 radical (unpaired) electrons. The van der Waals surface area contributed by atoms with Gasteiger partial charge in [-0.3, -0.25) is 0 Å². The summed E-state index contributed by atoms with van der Waals surface area (Å²) in [6.45, 7) is 7.40. The number of thiophene rings is 1. The van der Waals surface area contributed by atoms with Gasteiger partial charge < -0.3 is 5.32 Å². The molecule has 0 amide bonds. The normalized spacial score (nSPS) is 12.7. The number of rotatable bonds is 4. The number of aryl methyl sites for hydroxylation is 1. The lowest BCUT2D eigenvalue weighted by molar-refractivity contribution is 0.581. The van der Waals surface area contributed by atoms with E-state index in [9.17, 15) is 0 Å². The second kappa shape index (κ2) is 5.87. The van der Waals surface area contributed by atoms with Crippen LogP contribution in [0.4, 0.5) is 0 Å². The highest BCUT2D eigenvalue weighted by Crippen LogP contribution is 2.27. The molecule has 0 spiro atoms. The van der Waals surface area contributed by atoms with Crippen LogP contribution in [0.25, 0.3) is 0 Å². The number of halogens is 1. The van der Waals surface area contributed by atoms with Crippen LogP contribution in [-0.2, 0) is 6.54 Å². The minimum absolute atomic E-state index is 0.336. The van der Waals surface area contributed by atoms with Gasteiger partial charge in [0, 0.05) is 17.5 Å². The zero-order chi connectivity index (χ0) is 13.1. The number of hydrogen-bond donors (Lipinski definition) is 1. The van der Waals surface area contributed by atoms with Crippen molar-refractivity contribution in [1.82, 2.24) is 5.32 Å². The summed E-state index contributed by atoms with van der Waals surface area (Å²) in [5.41, 5.74) is 4.09. The molecule has 0 saturated heterocycles. The molecule has 0 saturated carbocycles. The Morgan fingerprint density at radius 3 is 2.67 bits per heavy atom. The first-order chi connectivity index (χ1) is 8.58. The Morgan fingerprint density at radius 1 is 1.22 bits per heavy atom. The summed E-state index contributed by atoms with van der Waals surface area (Å²) in [6.07, 6.45) is 0. The lowest BCUT2D eigenvalue weighted by Gasteiger charge is -2.14. The van der Waals surface area contributed by atoms with Gasteiger partial charge in [-0.15, -0.1) is 11.3 Å². The van der Waals surface area contributed by atoms with Crippen molar-refractivity contribution in [1.29, 1.82) is 0 Å². The molecule has 0 fully saturated rings. The minimum Gasteiger partial charge on any atom is -0.305 e. The highest BCUT2D eigenvalue weighted by molar-refractivity contribution is 7.16. The van der Waals surface area contributed by atoms with Crippen molar-refractivity contribution in [3.8, 4) is 0 Å². The van der Waals surface area contributed by atoms with E-state index in [0.717, 1.165) is 10.9 Å². The third-order valence-electron chi connectivity index (χ3n) is 3.34. The largest absolute Gasteiger partial charge is 0.305 e. The van der Waals surface area contributed by atoms with E-state index in [1.54, 1.807) is 11.3 Å². The average molecular weight is 280 g/mol. The molecule has 1 atom stereocenters. The van der Waals surface area contributed by atoms with Gasteiger partial charge in [0.1, 0.15) is 0 Å². The van der Waals surface area contributed by atoms with Gasteiger partial charge >= 0.3 is 0 Å². The summed E-state index contributed by atoms with van der Waals surface area (Å²) in [6, 6.07) is 10.8. The molecule has 0 bridgehead atoms. The molecule has 0 aliphatic rings. The van der Waals surface area contributed by atoms with E-state index in [4.69, 9.17) is 11.6 Å². The smallest absolute Gasteiger partial charge is 0.0931 e. The van der Waals surface area contributed by atoms with Crippen LogP contribution in [0.1, 0.15) is 34.5 Å². The van der Waals surface area contributed by atoms with Crippen LogP contribution in [0.5, 0.6) is 0 Å². The predicted octanol–water partition coefficient (Wildman–Crippen LogP) is 4.87. The molecule has 96 valence electrons. The number of nitrogens with one attached hydrogen (secondary N) is 1. The lowest BCUT2D eigenvalue weighted by Crippen LogP contribution is -2.17. The molecule has 18 heavy (non-hydrogen) atoms. The summed E-state index contributed by atoms with van der Waals surface area (Å²) >= 11 is 7.60. The van der Waals surface area contributed by atoms with Gasteiger partial charge in [0.15, 0.2) is 0 Å². The van der Waals surface area contributed by atoms with Crippen molar-refractivity contribution in [2.24, 2.45) is 0 Å². The third kappa shape index (κ3) is 3.14. The summed E-state index contributed by atoms with van der Waals surface area (Å²) in [7, 11) is 0. The predicted molar refractivity (Wildman–Crippen MR) is 80.5 cm³/mol. The molecule has 1 nitrogen and oxygen atoms in total. The molecule has 2 aromatic rings. The van der Waals surface area contributed by atoms with Crippen LogP contribution >= 0.6 is 22.9 Å². The van der Waals surface area contributed by atoms with Crippen LogP contribution in [0, 0.1) is 13.8 Å². The highest BCUT2D eigenvalue weighted by atomic mass is 35.5. The summed E-state index contributed by atoms with van der Waals surface area (Å²) in [4.78, 5) is 1.28. The maximum Gasteiger partial charge on any atom is 0.0931 e. The maximum atomic E-state index is 5.96. The van der Waals surface area contributed by atoms with Gasteiger partial charge in [-0.05, 0) is 49.6 Å². The average Bonchev–Trinajstić information content (AvgIpc) is 2.77. The zero-order valence-corrected chi connectivity index (χ0v) is 12.5. The van der Waals surface area contributed by atoms with Crippen molar-refractivity contribution < 1.29 is 0 Å². The third-order valence-corrected chi connectivity index (χ3v) is 4.75. The van der Waals surface area contributed by atoms with E-state index in [1.165, 1.54) is 21.6 Å². The first-order valence-corrected chi connectivity index (χ1v) is 7.31. The van der Waals surface area contributed by atoms with Gasteiger partial charge in [-0.1, -0.05) is 29.8 Å². The fraction of sp³-hybridized carbons (Fsp3) is 0.333. The molecule has 0 aliphatic carbocycles. The lowest BCUT2D eigenvalue weighted by atomic mass is 10.0. The van der Waals surface area contributed by atoms with Crippen LogP contribution in [0.3, 0.4) is 0 Å². The van der Waals surface area contributed by atoms with Crippen LogP contribution < -0.4 is 5.32 Å². The quantitative estimate of drug-likeness (QED) is 0.842. The first-order valence-electron chi connectivity index (χ1n) is 6.11. The van der Waals surface area contributed by atoms with E-state index < -0.39 is 0 Å². The Morgan fingerprint density at radius 2 is 2.00 bits per heavy atom. The Labute approximate surface area is 118 Å². The van der Waals surface area contributed by atoms with Crippen molar-refractivity contribution >= 4 is 22.9 Å². The van der Waals surface area contributed by atoms with Crippen LogP contribution in [0.15, 0.2) is 30.3 Å². The Hall–Kier alpha value is -0.830. The molecular formula is C15H18ClNS. The molecule has 2 rings (SSSR count). The summed E-state index contributed by atoms with van der Waals surface area (Å²) < 4.78 is 0.852. The summed E-state index contributed by atoms with van der Waals surface area (Å²) in [5, 5.41) is 3.55. The van der Waals surface area contributed by atoms with Crippen molar-refractivity contribution in [3.63, 3.8) is 0 Å². The van der Waals surface area contributed by atoms with E-state index in [1.807, 2.05) is 6.07 Å². The molecule has 1 N–H and O–H groups in total. The second-order valence-corrected chi connectivity index (χ2v) is 6.35. The molecule has 3 heteroatoms. The molecule has 1 aromatic heterocycles. The molecule has 1 unspecified atom stereocenters. The molecule has 0 aliphatic heterocycles. The Kier molecular flexibility index (Phi) is 4.44. The fourth-order valence-corrected chi connectivity index (χ4v) is 3.02. The van der Waals surface area contributed by atoms with Gasteiger partial charge in [0.2, 0.25) is 0 Å². The fourth-order valence-electron chi connectivity index (χ4n) is 1.93. The van der Waals surface area contributed by atoms with Gasteiger partial charge in [-0.25, -0.2) is 0 Å². The number of benzene rings is 1.